The van der Waals surface area contributed by atoms with Crippen LogP contribution in [0.4, 0.5) is 0 Å². The number of aliphatic hydroxyl groups excluding tert-OH is 1. The minimum atomic E-state index is -0.421. The predicted molar refractivity (Wildman–Crippen MR) is 81.9 cm³/mol. The quantitative estimate of drug-likeness (QED) is 0.777. The highest BCUT2D eigenvalue weighted by molar-refractivity contribution is 5.94. The van der Waals surface area contributed by atoms with Gasteiger partial charge >= 0.3 is 0 Å². The molecule has 0 amide bonds. The number of aliphatic hydroxyl groups is 1. The molecular formula is C17H18N2O2. The summed E-state index contributed by atoms with van der Waals surface area (Å²) in [4.78, 5) is 4.42. The molecule has 3 rings (SSSR count). The summed E-state index contributed by atoms with van der Waals surface area (Å²) < 4.78 is 5.26. The molecule has 0 aliphatic heterocycles. The lowest BCUT2D eigenvalue weighted by molar-refractivity contribution is 0.152. The molecular weight excluding hydrogens is 264 g/mol. The minimum absolute atomic E-state index is 0.408. The van der Waals surface area contributed by atoms with E-state index in [-0.39, 0.29) is 0 Å². The fraction of sp³-hybridized carbons (Fsp3) is 0.294. The van der Waals surface area contributed by atoms with Gasteiger partial charge in [-0.3, -0.25) is 0 Å². The van der Waals surface area contributed by atoms with E-state index in [1.54, 1.807) is 0 Å². The van der Waals surface area contributed by atoms with Gasteiger partial charge in [0.15, 0.2) is 0 Å². The molecule has 0 fully saturated rings. The van der Waals surface area contributed by atoms with E-state index in [4.69, 9.17) is 4.52 Å². The summed E-state index contributed by atoms with van der Waals surface area (Å²) >= 11 is 0. The van der Waals surface area contributed by atoms with Gasteiger partial charge in [-0.2, -0.15) is 4.98 Å². The number of hydrogen-bond donors (Lipinski definition) is 1. The van der Waals surface area contributed by atoms with Gasteiger partial charge in [0.25, 0.3) is 0 Å². The van der Waals surface area contributed by atoms with E-state index in [9.17, 15) is 5.11 Å². The second kappa shape index (κ2) is 6.06. The van der Waals surface area contributed by atoms with Gasteiger partial charge in [-0.1, -0.05) is 61.0 Å². The zero-order chi connectivity index (χ0) is 14.7. The van der Waals surface area contributed by atoms with Crippen LogP contribution in [-0.4, -0.2) is 21.4 Å². The van der Waals surface area contributed by atoms with Gasteiger partial charge in [-0.05, 0) is 17.2 Å². The van der Waals surface area contributed by atoms with Crippen LogP contribution in [0.2, 0.25) is 0 Å². The maximum absolute atomic E-state index is 9.83. The average molecular weight is 282 g/mol. The summed E-state index contributed by atoms with van der Waals surface area (Å²) in [6, 6.07) is 14.1. The van der Waals surface area contributed by atoms with E-state index in [0.29, 0.717) is 18.1 Å². The van der Waals surface area contributed by atoms with Crippen molar-refractivity contribution < 1.29 is 9.63 Å². The molecule has 4 heteroatoms. The monoisotopic (exact) mass is 282 g/mol. The minimum Gasteiger partial charge on any atom is -0.393 e. The van der Waals surface area contributed by atoms with Crippen molar-refractivity contribution >= 4 is 10.8 Å². The van der Waals surface area contributed by atoms with Gasteiger partial charge in [0.05, 0.1) is 12.5 Å². The van der Waals surface area contributed by atoms with Crippen molar-refractivity contribution in [1.29, 1.82) is 0 Å². The first-order chi connectivity index (χ1) is 10.3. The molecule has 0 bridgehead atoms. The molecule has 1 N–H and O–H groups in total. The molecule has 0 saturated heterocycles. The van der Waals surface area contributed by atoms with E-state index in [0.717, 1.165) is 29.2 Å². The number of benzene rings is 2. The Morgan fingerprint density at radius 3 is 2.81 bits per heavy atom. The normalized spacial score (nSPS) is 12.7. The molecule has 1 heterocycles. The molecule has 21 heavy (non-hydrogen) atoms. The van der Waals surface area contributed by atoms with Crippen LogP contribution in [0, 0.1) is 0 Å². The standard InChI is InChI=1S/C17H18N2O2/c1-2-6-13(20)11-16-18-17(19-21-16)15-10-5-8-12-7-3-4-9-14(12)15/h3-5,7-10,13,20H,2,6,11H2,1H3. The number of hydrogen-bond acceptors (Lipinski definition) is 4. The van der Waals surface area contributed by atoms with Crippen LogP contribution in [0.1, 0.15) is 25.7 Å². The maximum atomic E-state index is 9.83. The Bertz CT molecular complexity index is 731. The zero-order valence-corrected chi connectivity index (χ0v) is 12.0. The van der Waals surface area contributed by atoms with Gasteiger partial charge in [0, 0.05) is 5.56 Å². The van der Waals surface area contributed by atoms with Gasteiger partial charge in [-0.15, -0.1) is 0 Å². The Hall–Kier alpha value is -2.20. The van der Waals surface area contributed by atoms with Gasteiger partial charge in [-0.25, -0.2) is 0 Å². The van der Waals surface area contributed by atoms with E-state index in [1.807, 2.05) is 37.3 Å². The van der Waals surface area contributed by atoms with Crippen molar-refractivity contribution in [3.05, 3.63) is 48.4 Å². The molecule has 108 valence electrons. The first kappa shape index (κ1) is 13.8. The summed E-state index contributed by atoms with van der Waals surface area (Å²) in [6.45, 7) is 2.04. The van der Waals surface area contributed by atoms with E-state index in [1.165, 1.54) is 0 Å². The van der Waals surface area contributed by atoms with Crippen molar-refractivity contribution in [3.63, 3.8) is 0 Å². The Kier molecular flexibility index (Phi) is 3.97. The molecule has 1 aromatic heterocycles. The van der Waals surface area contributed by atoms with Crippen LogP contribution >= 0.6 is 0 Å². The largest absolute Gasteiger partial charge is 0.393 e. The highest BCUT2D eigenvalue weighted by atomic mass is 16.5. The molecule has 0 radical (unpaired) electrons. The summed E-state index contributed by atoms with van der Waals surface area (Å²) in [7, 11) is 0. The maximum Gasteiger partial charge on any atom is 0.229 e. The summed E-state index contributed by atoms with van der Waals surface area (Å²) in [5, 5.41) is 16.1. The molecule has 0 aliphatic carbocycles. The van der Waals surface area contributed by atoms with Crippen LogP contribution in [0.15, 0.2) is 47.0 Å². The Morgan fingerprint density at radius 2 is 1.95 bits per heavy atom. The number of aromatic nitrogens is 2. The molecule has 0 aliphatic rings. The third-order valence-electron chi connectivity index (χ3n) is 3.53. The third-order valence-corrected chi connectivity index (χ3v) is 3.53. The second-order valence-corrected chi connectivity index (χ2v) is 5.19. The lowest BCUT2D eigenvalue weighted by atomic mass is 10.0. The lowest BCUT2D eigenvalue weighted by Crippen LogP contribution is -2.09. The predicted octanol–water partition coefficient (Wildman–Crippen LogP) is 3.59. The van der Waals surface area contributed by atoms with Gasteiger partial charge in [0.2, 0.25) is 11.7 Å². The second-order valence-electron chi connectivity index (χ2n) is 5.19. The highest BCUT2D eigenvalue weighted by Crippen LogP contribution is 2.26. The highest BCUT2D eigenvalue weighted by Gasteiger charge is 2.14. The average Bonchev–Trinajstić information content (AvgIpc) is 2.95. The van der Waals surface area contributed by atoms with Crippen molar-refractivity contribution in [2.75, 3.05) is 0 Å². The van der Waals surface area contributed by atoms with Crippen molar-refractivity contribution in [2.24, 2.45) is 0 Å². The fourth-order valence-corrected chi connectivity index (χ4v) is 2.50. The topological polar surface area (TPSA) is 59.2 Å². The molecule has 2 aromatic carbocycles. The number of rotatable bonds is 5. The van der Waals surface area contributed by atoms with Crippen LogP contribution in [0.3, 0.4) is 0 Å². The first-order valence-corrected chi connectivity index (χ1v) is 7.26. The molecule has 3 aromatic rings. The molecule has 0 spiro atoms. The van der Waals surface area contributed by atoms with Gasteiger partial charge in [0.1, 0.15) is 0 Å². The molecule has 4 nitrogen and oxygen atoms in total. The Morgan fingerprint density at radius 1 is 1.14 bits per heavy atom. The number of nitrogens with zero attached hydrogens (tertiary/aromatic N) is 2. The van der Waals surface area contributed by atoms with Gasteiger partial charge < -0.3 is 9.63 Å². The van der Waals surface area contributed by atoms with Crippen LogP contribution in [0.5, 0.6) is 0 Å². The van der Waals surface area contributed by atoms with Crippen molar-refractivity contribution in [2.45, 2.75) is 32.3 Å². The van der Waals surface area contributed by atoms with E-state index < -0.39 is 6.10 Å². The summed E-state index contributed by atoms with van der Waals surface area (Å²) in [5.74, 6) is 1.06. The molecule has 0 saturated carbocycles. The van der Waals surface area contributed by atoms with Crippen molar-refractivity contribution in [3.8, 4) is 11.4 Å². The van der Waals surface area contributed by atoms with Crippen LogP contribution in [0.25, 0.3) is 22.2 Å². The van der Waals surface area contributed by atoms with E-state index in [2.05, 4.69) is 22.3 Å². The summed E-state index contributed by atoms with van der Waals surface area (Å²) in [5.41, 5.74) is 0.952. The smallest absolute Gasteiger partial charge is 0.229 e. The van der Waals surface area contributed by atoms with E-state index >= 15 is 0 Å². The number of fused-ring (bicyclic) bond motifs is 1. The Balaban J connectivity index is 1.91. The van der Waals surface area contributed by atoms with Crippen LogP contribution < -0.4 is 0 Å². The third kappa shape index (κ3) is 2.95. The summed E-state index contributed by atoms with van der Waals surface area (Å²) in [6.07, 6.45) is 1.67. The SMILES string of the molecule is CCCC(O)Cc1nc(-c2cccc3ccccc23)no1. The molecule has 1 atom stereocenters. The molecule has 1 unspecified atom stereocenters. The lowest BCUT2D eigenvalue weighted by Gasteiger charge is -2.04. The van der Waals surface area contributed by atoms with Crippen LogP contribution in [-0.2, 0) is 6.42 Å². The fourth-order valence-electron chi connectivity index (χ4n) is 2.50. The zero-order valence-electron chi connectivity index (χ0n) is 12.0. The van der Waals surface area contributed by atoms with Crippen molar-refractivity contribution in [1.82, 2.24) is 10.1 Å². The Labute approximate surface area is 123 Å². The first-order valence-electron chi connectivity index (χ1n) is 7.26.